The van der Waals surface area contributed by atoms with Crippen LogP contribution in [0.25, 0.3) is 0 Å². The number of sulfonamides is 1. The fourth-order valence-electron chi connectivity index (χ4n) is 2.78. The highest BCUT2D eigenvalue weighted by molar-refractivity contribution is 7.89. The van der Waals surface area contributed by atoms with Gasteiger partial charge in [-0.15, -0.1) is 0 Å². The number of benzene rings is 1. The first kappa shape index (κ1) is 16.2. The molecule has 0 unspecified atom stereocenters. The normalized spacial score (nSPS) is 16.5. The van der Waals surface area contributed by atoms with E-state index in [1.807, 2.05) is 24.3 Å². The van der Waals surface area contributed by atoms with Crippen LogP contribution in [0.4, 0.5) is 0 Å². The molecule has 1 N–H and O–H groups in total. The second-order valence-corrected chi connectivity index (χ2v) is 7.73. The molecule has 0 bridgehead atoms. The molecule has 0 radical (unpaired) electrons. The van der Waals surface area contributed by atoms with Gasteiger partial charge in [-0.3, -0.25) is 0 Å². The number of furan rings is 1. The third-order valence-corrected chi connectivity index (χ3v) is 6.00. The van der Waals surface area contributed by atoms with E-state index in [9.17, 15) is 8.42 Å². The summed E-state index contributed by atoms with van der Waals surface area (Å²) in [6, 6.07) is 10.9. The molecule has 0 aliphatic carbocycles. The van der Waals surface area contributed by atoms with Crippen LogP contribution in [0.5, 0.6) is 0 Å². The van der Waals surface area contributed by atoms with Crippen molar-refractivity contribution in [1.82, 2.24) is 9.62 Å². The number of hydrogen-bond donors (Lipinski definition) is 1. The Labute approximate surface area is 137 Å². The number of hydrogen-bond acceptors (Lipinski definition) is 4. The smallest absolute Gasteiger partial charge is 0.243 e. The zero-order valence-corrected chi connectivity index (χ0v) is 13.9. The highest BCUT2D eigenvalue weighted by atomic mass is 32.2. The summed E-state index contributed by atoms with van der Waals surface area (Å²) >= 11 is 0. The van der Waals surface area contributed by atoms with Gasteiger partial charge in [0.1, 0.15) is 5.76 Å². The highest BCUT2D eigenvalue weighted by Crippen LogP contribution is 2.20. The van der Waals surface area contributed by atoms with Crippen molar-refractivity contribution in [2.45, 2.75) is 37.2 Å². The van der Waals surface area contributed by atoms with Crippen molar-refractivity contribution in [3.63, 3.8) is 0 Å². The van der Waals surface area contributed by atoms with Gasteiger partial charge in [0, 0.05) is 19.6 Å². The van der Waals surface area contributed by atoms with E-state index in [0.717, 1.165) is 30.6 Å². The van der Waals surface area contributed by atoms with Gasteiger partial charge < -0.3 is 9.73 Å². The van der Waals surface area contributed by atoms with Crippen molar-refractivity contribution in [1.29, 1.82) is 0 Å². The number of piperidine rings is 1. The van der Waals surface area contributed by atoms with Crippen molar-refractivity contribution in [2.24, 2.45) is 0 Å². The molecule has 5 nitrogen and oxygen atoms in total. The van der Waals surface area contributed by atoms with Crippen LogP contribution in [-0.2, 0) is 23.1 Å². The van der Waals surface area contributed by atoms with E-state index in [1.54, 1.807) is 22.7 Å². The summed E-state index contributed by atoms with van der Waals surface area (Å²) < 4.78 is 32.0. The molecule has 1 fully saturated rings. The van der Waals surface area contributed by atoms with Crippen molar-refractivity contribution in [2.75, 3.05) is 13.1 Å². The van der Waals surface area contributed by atoms with Crippen molar-refractivity contribution in [3.05, 3.63) is 54.0 Å². The fraction of sp³-hybridized carbons (Fsp3) is 0.412. The first-order valence-corrected chi connectivity index (χ1v) is 9.42. The van der Waals surface area contributed by atoms with Crippen LogP contribution in [0.3, 0.4) is 0 Å². The Morgan fingerprint density at radius 1 is 1.00 bits per heavy atom. The lowest BCUT2D eigenvalue weighted by atomic mass is 10.2. The van der Waals surface area contributed by atoms with Crippen molar-refractivity contribution < 1.29 is 12.8 Å². The van der Waals surface area contributed by atoms with E-state index in [2.05, 4.69) is 5.32 Å². The topological polar surface area (TPSA) is 62.6 Å². The Hall–Kier alpha value is -1.63. The molecule has 1 aromatic carbocycles. The van der Waals surface area contributed by atoms with Crippen LogP contribution >= 0.6 is 0 Å². The van der Waals surface area contributed by atoms with Gasteiger partial charge in [-0.05, 0) is 42.7 Å². The molecule has 1 aromatic heterocycles. The molecule has 0 atom stereocenters. The minimum absolute atomic E-state index is 0.384. The maximum Gasteiger partial charge on any atom is 0.243 e. The summed E-state index contributed by atoms with van der Waals surface area (Å²) in [5.74, 6) is 0.884. The van der Waals surface area contributed by atoms with E-state index in [1.165, 1.54) is 0 Å². The van der Waals surface area contributed by atoms with Gasteiger partial charge in [-0.2, -0.15) is 4.31 Å². The van der Waals surface area contributed by atoms with Gasteiger partial charge in [0.15, 0.2) is 0 Å². The van der Waals surface area contributed by atoms with E-state index in [4.69, 9.17) is 4.42 Å². The minimum Gasteiger partial charge on any atom is -0.468 e. The molecule has 124 valence electrons. The molecule has 1 aliphatic heterocycles. The summed E-state index contributed by atoms with van der Waals surface area (Å²) in [4.78, 5) is 0.384. The van der Waals surface area contributed by atoms with Gasteiger partial charge in [-0.1, -0.05) is 18.6 Å². The first-order chi connectivity index (χ1) is 11.2. The molecule has 3 rings (SSSR count). The summed E-state index contributed by atoms with van der Waals surface area (Å²) in [6.45, 7) is 2.59. The molecule has 1 aliphatic rings. The highest BCUT2D eigenvalue weighted by Gasteiger charge is 2.25. The Bertz CT molecular complexity index is 703. The molecule has 2 heterocycles. The van der Waals surface area contributed by atoms with E-state index < -0.39 is 10.0 Å². The minimum atomic E-state index is -3.34. The van der Waals surface area contributed by atoms with Gasteiger partial charge in [0.05, 0.1) is 17.7 Å². The van der Waals surface area contributed by atoms with Crippen molar-refractivity contribution >= 4 is 10.0 Å². The monoisotopic (exact) mass is 334 g/mol. The Morgan fingerprint density at radius 3 is 2.39 bits per heavy atom. The van der Waals surface area contributed by atoms with Crippen LogP contribution in [0.2, 0.25) is 0 Å². The largest absolute Gasteiger partial charge is 0.468 e. The molecule has 23 heavy (non-hydrogen) atoms. The molecule has 1 saturated heterocycles. The molecular weight excluding hydrogens is 312 g/mol. The maximum atomic E-state index is 12.6. The van der Waals surface area contributed by atoms with Gasteiger partial charge in [-0.25, -0.2) is 8.42 Å². The third-order valence-electron chi connectivity index (χ3n) is 4.08. The maximum absolute atomic E-state index is 12.6. The standard InChI is InChI=1S/C17H22N2O3S/c20-23(21,19-10-2-1-3-11-19)17-8-6-15(7-9-17)13-18-14-16-5-4-12-22-16/h4-9,12,18H,1-3,10-11,13-14H2. The molecule has 6 heteroatoms. The van der Waals surface area contributed by atoms with Crippen LogP contribution in [0.1, 0.15) is 30.6 Å². The summed E-state index contributed by atoms with van der Waals surface area (Å²) in [5.41, 5.74) is 1.05. The van der Waals surface area contributed by atoms with Crippen LogP contribution in [0.15, 0.2) is 52.0 Å². The lowest BCUT2D eigenvalue weighted by molar-refractivity contribution is 0.346. The second kappa shape index (κ2) is 7.29. The first-order valence-electron chi connectivity index (χ1n) is 7.98. The van der Waals surface area contributed by atoms with Gasteiger partial charge in [0.25, 0.3) is 0 Å². The predicted octanol–water partition coefficient (Wildman–Crippen LogP) is 2.74. The van der Waals surface area contributed by atoms with E-state index in [-0.39, 0.29) is 0 Å². The molecule has 0 saturated carbocycles. The third kappa shape index (κ3) is 4.02. The average Bonchev–Trinajstić information content (AvgIpc) is 3.10. The number of nitrogens with one attached hydrogen (secondary N) is 1. The Balaban J connectivity index is 1.59. The lowest BCUT2D eigenvalue weighted by Gasteiger charge is -2.25. The second-order valence-electron chi connectivity index (χ2n) is 5.79. The Morgan fingerprint density at radius 2 is 1.74 bits per heavy atom. The summed E-state index contributed by atoms with van der Waals surface area (Å²) in [5, 5.41) is 3.27. The van der Waals surface area contributed by atoms with Gasteiger partial charge in [0.2, 0.25) is 10.0 Å². The number of rotatable bonds is 6. The summed E-state index contributed by atoms with van der Waals surface area (Å²) in [6.07, 6.45) is 4.67. The molecule has 0 spiro atoms. The van der Waals surface area contributed by atoms with E-state index >= 15 is 0 Å². The van der Waals surface area contributed by atoms with Gasteiger partial charge >= 0.3 is 0 Å². The van der Waals surface area contributed by atoms with Crippen LogP contribution < -0.4 is 5.32 Å². The molecule has 2 aromatic rings. The zero-order valence-electron chi connectivity index (χ0n) is 13.1. The quantitative estimate of drug-likeness (QED) is 0.882. The van der Waals surface area contributed by atoms with Crippen LogP contribution in [-0.4, -0.2) is 25.8 Å². The zero-order chi connectivity index (χ0) is 16.1. The molecule has 0 amide bonds. The van der Waals surface area contributed by atoms with Crippen molar-refractivity contribution in [3.8, 4) is 0 Å². The van der Waals surface area contributed by atoms with Crippen LogP contribution in [0, 0.1) is 0 Å². The molecular formula is C17H22N2O3S. The fourth-order valence-corrected chi connectivity index (χ4v) is 4.29. The predicted molar refractivity (Wildman–Crippen MR) is 88.3 cm³/mol. The lowest BCUT2D eigenvalue weighted by Crippen LogP contribution is -2.35. The summed E-state index contributed by atoms with van der Waals surface area (Å²) in [7, 11) is -3.34. The number of nitrogens with zero attached hydrogens (tertiary/aromatic N) is 1. The SMILES string of the molecule is O=S(=O)(c1ccc(CNCc2ccco2)cc1)N1CCCCC1. The average molecular weight is 334 g/mol. The van der Waals surface area contributed by atoms with E-state index in [0.29, 0.717) is 31.1 Å². The Kier molecular flexibility index (Phi) is 5.15.